The van der Waals surface area contributed by atoms with Crippen LogP contribution < -0.4 is 0 Å². The summed E-state index contributed by atoms with van der Waals surface area (Å²) in [4.78, 5) is 0. The third-order valence-corrected chi connectivity index (χ3v) is 6.57. The summed E-state index contributed by atoms with van der Waals surface area (Å²) in [5, 5.41) is 0. The Labute approximate surface area is 115 Å². The second kappa shape index (κ2) is 6.05. The van der Waals surface area contributed by atoms with Crippen molar-refractivity contribution in [2.24, 2.45) is 0 Å². The predicted molar refractivity (Wildman–Crippen MR) is 77.7 cm³/mol. The van der Waals surface area contributed by atoms with Crippen LogP contribution in [0.15, 0.2) is 18.2 Å². The Morgan fingerprint density at radius 1 is 0.947 bits per heavy atom. The van der Waals surface area contributed by atoms with Gasteiger partial charge < -0.3 is 0 Å². The summed E-state index contributed by atoms with van der Waals surface area (Å²) in [5.74, 6) is -0.723. The van der Waals surface area contributed by atoms with Crippen molar-refractivity contribution < 1.29 is 16.8 Å². The smallest absolute Gasteiger partial charge is 0.155 e. The highest BCUT2D eigenvalue weighted by Crippen LogP contribution is 2.14. The highest BCUT2D eigenvalue weighted by atomic mass is 32.2. The van der Waals surface area contributed by atoms with Gasteiger partial charge in [-0.2, -0.15) is 0 Å². The number of hydrogen-bond donors (Lipinski definition) is 0. The van der Waals surface area contributed by atoms with Gasteiger partial charge in [-0.05, 0) is 25.0 Å². The van der Waals surface area contributed by atoms with E-state index < -0.39 is 19.7 Å². The summed E-state index contributed by atoms with van der Waals surface area (Å²) in [6, 6.07) is 5.64. The van der Waals surface area contributed by atoms with E-state index in [0.717, 1.165) is 16.7 Å². The molecule has 0 heterocycles. The number of aryl methyl sites for hydroxylation is 2. The summed E-state index contributed by atoms with van der Waals surface area (Å²) < 4.78 is 46.6. The molecule has 0 aliphatic rings. The largest absolute Gasteiger partial charge is 0.229 e. The fraction of sp³-hybridized carbons (Fsp3) is 0.538. The minimum absolute atomic E-state index is 0.0218. The summed E-state index contributed by atoms with van der Waals surface area (Å²) >= 11 is 0. The molecular formula is C13H20O4S2. The number of sulfone groups is 2. The summed E-state index contributed by atoms with van der Waals surface area (Å²) in [6.07, 6.45) is 0. The van der Waals surface area contributed by atoms with Crippen molar-refractivity contribution in [3.8, 4) is 0 Å². The van der Waals surface area contributed by atoms with E-state index in [2.05, 4.69) is 0 Å². The molecule has 1 aromatic carbocycles. The van der Waals surface area contributed by atoms with Gasteiger partial charge in [0.1, 0.15) is 0 Å². The zero-order valence-corrected chi connectivity index (χ0v) is 13.1. The van der Waals surface area contributed by atoms with Crippen LogP contribution in [0.4, 0.5) is 0 Å². The maximum absolute atomic E-state index is 12.0. The standard InChI is InChI=1S/C13H20O4S2/c1-4-18(14,15)7-8-19(16,17)10-13-9-11(2)5-6-12(13)3/h5-6,9H,4,7-8,10H2,1-3H3. The maximum atomic E-state index is 12.0. The van der Waals surface area contributed by atoms with Gasteiger partial charge in [0.15, 0.2) is 19.7 Å². The van der Waals surface area contributed by atoms with Crippen LogP contribution in [0.3, 0.4) is 0 Å². The van der Waals surface area contributed by atoms with Crippen molar-refractivity contribution >= 4 is 19.7 Å². The van der Waals surface area contributed by atoms with Crippen LogP contribution in [-0.2, 0) is 25.4 Å². The number of hydrogen-bond acceptors (Lipinski definition) is 4. The van der Waals surface area contributed by atoms with Crippen LogP contribution in [0.2, 0.25) is 0 Å². The van der Waals surface area contributed by atoms with Crippen LogP contribution in [0, 0.1) is 13.8 Å². The molecule has 0 aliphatic heterocycles. The Hall–Kier alpha value is -0.880. The monoisotopic (exact) mass is 304 g/mol. The van der Waals surface area contributed by atoms with Crippen molar-refractivity contribution in [2.75, 3.05) is 17.3 Å². The SMILES string of the molecule is CCS(=O)(=O)CCS(=O)(=O)Cc1cc(C)ccc1C. The molecule has 0 fully saturated rings. The highest BCUT2D eigenvalue weighted by molar-refractivity contribution is 7.94. The summed E-state index contributed by atoms with van der Waals surface area (Å²) in [5.41, 5.74) is 2.65. The van der Waals surface area contributed by atoms with Crippen LogP contribution in [0.1, 0.15) is 23.6 Å². The van der Waals surface area contributed by atoms with E-state index in [4.69, 9.17) is 0 Å². The van der Waals surface area contributed by atoms with Crippen LogP contribution in [0.5, 0.6) is 0 Å². The molecule has 1 rings (SSSR count). The fourth-order valence-electron chi connectivity index (χ4n) is 1.66. The van der Waals surface area contributed by atoms with Crippen LogP contribution in [0.25, 0.3) is 0 Å². The van der Waals surface area contributed by atoms with Crippen molar-refractivity contribution in [1.82, 2.24) is 0 Å². The zero-order valence-electron chi connectivity index (χ0n) is 11.5. The van der Waals surface area contributed by atoms with Gasteiger partial charge in [-0.25, -0.2) is 16.8 Å². The van der Waals surface area contributed by atoms with Gasteiger partial charge in [0.25, 0.3) is 0 Å². The molecular weight excluding hydrogens is 284 g/mol. The quantitative estimate of drug-likeness (QED) is 0.801. The molecule has 19 heavy (non-hydrogen) atoms. The van der Waals surface area contributed by atoms with Gasteiger partial charge >= 0.3 is 0 Å². The third-order valence-electron chi connectivity index (χ3n) is 3.03. The number of rotatable bonds is 6. The lowest BCUT2D eigenvalue weighted by atomic mass is 10.1. The molecule has 0 radical (unpaired) electrons. The van der Waals surface area contributed by atoms with E-state index in [1.54, 1.807) is 0 Å². The molecule has 0 N–H and O–H groups in total. The van der Waals surface area contributed by atoms with E-state index in [-0.39, 0.29) is 23.0 Å². The lowest BCUT2D eigenvalue weighted by molar-refractivity contribution is 0.587. The van der Waals surface area contributed by atoms with Gasteiger partial charge in [0.05, 0.1) is 17.3 Å². The first-order chi connectivity index (χ1) is 8.65. The Morgan fingerprint density at radius 2 is 1.53 bits per heavy atom. The molecule has 0 aliphatic carbocycles. The molecule has 6 heteroatoms. The topological polar surface area (TPSA) is 68.3 Å². The molecule has 4 nitrogen and oxygen atoms in total. The van der Waals surface area contributed by atoms with E-state index >= 15 is 0 Å². The first kappa shape index (κ1) is 16.2. The minimum Gasteiger partial charge on any atom is -0.229 e. The first-order valence-electron chi connectivity index (χ1n) is 6.12. The summed E-state index contributed by atoms with van der Waals surface area (Å²) in [6.45, 7) is 5.27. The predicted octanol–water partition coefficient (Wildman–Crippen LogP) is 1.65. The average Bonchev–Trinajstić information content (AvgIpc) is 2.32. The zero-order chi connectivity index (χ0) is 14.7. The van der Waals surface area contributed by atoms with E-state index in [0.29, 0.717) is 0 Å². The Balaban J connectivity index is 2.83. The number of benzene rings is 1. The van der Waals surface area contributed by atoms with Crippen LogP contribution >= 0.6 is 0 Å². The molecule has 0 unspecified atom stereocenters. The van der Waals surface area contributed by atoms with Gasteiger partial charge in [0.2, 0.25) is 0 Å². The van der Waals surface area contributed by atoms with E-state index in [1.165, 1.54) is 6.92 Å². The van der Waals surface area contributed by atoms with Gasteiger partial charge in [-0.1, -0.05) is 30.7 Å². The highest BCUT2D eigenvalue weighted by Gasteiger charge is 2.18. The van der Waals surface area contributed by atoms with E-state index in [1.807, 2.05) is 32.0 Å². The van der Waals surface area contributed by atoms with Crippen molar-refractivity contribution in [1.29, 1.82) is 0 Å². The molecule has 0 aromatic heterocycles. The second-order valence-corrected chi connectivity index (χ2v) is 9.42. The lowest BCUT2D eigenvalue weighted by Crippen LogP contribution is -2.20. The first-order valence-corrected chi connectivity index (χ1v) is 9.76. The molecule has 0 saturated carbocycles. The third kappa shape index (κ3) is 5.32. The Kier molecular flexibility index (Phi) is 5.15. The average molecular weight is 304 g/mol. The molecule has 108 valence electrons. The van der Waals surface area contributed by atoms with E-state index in [9.17, 15) is 16.8 Å². The van der Waals surface area contributed by atoms with Crippen molar-refractivity contribution in [3.63, 3.8) is 0 Å². The van der Waals surface area contributed by atoms with Crippen molar-refractivity contribution in [3.05, 3.63) is 34.9 Å². The van der Waals surface area contributed by atoms with Gasteiger partial charge in [-0.15, -0.1) is 0 Å². The molecule has 0 bridgehead atoms. The minimum atomic E-state index is -3.40. The van der Waals surface area contributed by atoms with Crippen LogP contribution in [-0.4, -0.2) is 34.1 Å². The van der Waals surface area contributed by atoms with Gasteiger partial charge in [0, 0.05) is 5.75 Å². The fourth-order valence-corrected chi connectivity index (χ4v) is 4.91. The molecule has 0 amide bonds. The van der Waals surface area contributed by atoms with Gasteiger partial charge in [-0.3, -0.25) is 0 Å². The molecule has 1 aromatic rings. The molecule has 0 spiro atoms. The van der Waals surface area contributed by atoms with Crippen molar-refractivity contribution in [2.45, 2.75) is 26.5 Å². The molecule has 0 atom stereocenters. The lowest BCUT2D eigenvalue weighted by Gasteiger charge is -2.08. The normalized spacial score (nSPS) is 12.6. The molecule has 0 saturated heterocycles. The Morgan fingerprint density at radius 3 is 2.11 bits per heavy atom. The summed E-state index contributed by atoms with van der Waals surface area (Å²) in [7, 11) is -6.64. The Bertz CT molecular complexity index is 643. The second-order valence-electron chi connectivity index (χ2n) is 4.76. The maximum Gasteiger partial charge on any atom is 0.155 e.